The SMILES string of the molecule is C[C@@H](CCO)CCCCCCCl. The van der Waals surface area contributed by atoms with E-state index in [1.165, 1.54) is 25.7 Å². The van der Waals surface area contributed by atoms with Crippen molar-refractivity contribution in [2.75, 3.05) is 12.5 Å². The van der Waals surface area contributed by atoms with Crippen molar-refractivity contribution in [3.63, 3.8) is 0 Å². The van der Waals surface area contributed by atoms with Crippen LogP contribution < -0.4 is 0 Å². The zero-order chi connectivity index (χ0) is 9.23. The van der Waals surface area contributed by atoms with E-state index >= 15 is 0 Å². The summed E-state index contributed by atoms with van der Waals surface area (Å²) < 4.78 is 0. The predicted molar refractivity (Wildman–Crippen MR) is 54.7 cm³/mol. The largest absolute Gasteiger partial charge is 0.396 e. The molecule has 0 aliphatic heterocycles. The first-order chi connectivity index (χ1) is 5.81. The number of hydrogen-bond acceptors (Lipinski definition) is 1. The maximum atomic E-state index is 8.66. The first-order valence-electron chi connectivity index (χ1n) is 4.98. The van der Waals surface area contributed by atoms with Crippen molar-refractivity contribution in [3.8, 4) is 0 Å². The second-order valence-electron chi connectivity index (χ2n) is 3.51. The third kappa shape index (κ3) is 8.35. The average Bonchev–Trinajstić information content (AvgIpc) is 2.05. The summed E-state index contributed by atoms with van der Waals surface area (Å²) in [5.74, 6) is 1.48. The van der Waals surface area contributed by atoms with Crippen LogP contribution in [0.2, 0.25) is 0 Å². The molecule has 0 amide bonds. The predicted octanol–water partition coefficient (Wildman–Crippen LogP) is 3.19. The van der Waals surface area contributed by atoms with E-state index in [2.05, 4.69) is 6.92 Å². The molecule has 0 aliphatic rings. The monoisotopic (exact) mass is 192 g/mol. The highest BCUT2D eigenvalue weighted by atomic mass is 35.5. The van der Waals surface area contributed by atoms with Crippen LogP contribution in [0.15, 0.2) is 0 Å². The third-order valence-electron chi connectivity index (χ3n) is 2.20. The van der Waals surface area contributed by atoms with Crippen LogP contribution in [-0.4, -0.2) is 17.6 Å². The molecule has 2 heteroatoms. The Bertz CT molecular complexity index is 85.9. The smallest absolute Gasteiger partial charge is 0.0433 e. The van der Waals surface area contributed by atoms with Gasteiger partial charge in [-0.1, -0.05) is 32.6 Å². The van der Waals surface area contributed by atoms with Gasteiger partial charge in [0.15, 0.2) is 0 Å². The van der Waals surface area contributed by atoms with E-state index in [1.807, 2.05) is 0 Å². The zero-order valence-electron chi connectivity index (χ0n) is 8.06. The van der Waals surface area contributed by atoms with E-state index in [9.17, 15) is 0 Å². The van der Waals surface area contributed by atoms with Gasteiger partial charge in [-0.25, -0.2) is 0 Å². The van der Waals surface area contributed by atoms with Gasteiger partial charge in [-0.05, 0) is 18.8 Å². The van der Waals surface area contributed by atoms with Gasteiger partial charge in [-0.2, -0.15) is 0 Å². The number of alkyl halides is 1. The first kappa shape index (κ1) is 12.2. The van der Waals surface area contributed by atoms with Gasteiger partial charge in [0.25, 0.3) is 0 Å². The minimum absolute atomic E-state index is 0.336. The molecule has 0 aromatic carbocycles. The Kier molecular flexibility index (Phi) is 9.53. The molecule has 0 radical (unpaired) electrons. The van der Waals surface area contributed by atoms with Crippen LogP contribution >= 0.6 is 11.6 Å². The molecule has 0 unspecified atom stereocenters. The Balaban J connectivity index is 2.97. The van der Waals surface area contributed by atoms with E-state index in [0.29, 0.717) is 12.5 Å². The van der Waals surface area contributed by atoms with Gasteiger partial charge in [0, 0.05) is 12.5 Å². The summed E-state index contributed by atoms with van der Waals surface area (Å²) in [6.45, 7) is 2.54. The summed E-state index contributed by atoms with van der Waals surface area (Å²) in [6, 6.07) is 0. The molecule has 0 aromatic rings. The molecule has 0 heterocycles. The molecule has 0 spiro atoms. The zero-order valence-corrected chi connectivity index (χ0v) is 8.82. The van der Waals surface area contributed by atoms with Crippen LogP contribution in [0.3, 0.4) is 0 Å². The van der Waals surface area contributed by atoms with Crippen LogP contribution in [-0.2, 0) is 0 Å². The average molecular weight is 193 g/mol. The number of aliphatic hydroxyl groups is 1. The Hall–Kier alpha value is 0.250. The van der Waals surface area contributed by atoms with Crippen molar-refractivity contribution in [2.24, 2.45) is 5.92 Å². The lowest BCUT2D eigenvalue weighted by atomic mass is 10.00. The summed E-state index contributed by atoms with van der Waals surface area (Å²) in [5, 5.41) is 8.66. The highest BCUT2D eigenvalue weighted by Crippen LogP contribution is 2.13. The Labute approximate surface area is 81.1 Å². The fourth-order valence-corrected chi connectivity index (χ4v) is 1.49. The van der Waals surface area contributed by atoms with Crippen LogP contribution in [0.25, 0.3) is 0 Å². The van der Waals surface area contributed by atoms with Gasteiger partial charge in [-0.15, -0.1) is 11.6 Å². The molecule has 0 bridgehead atoms. The maximum Gasteiger partial charge on any atom is 0.0433 e. The van der Waals surface area contributed by atoms with Gasteiger partial charge in [-0.3, -0.25) is 0 Å². The molecule has 1 atom stereocenters. The van der Waals surface area contributed by atoms with Crippen molar-refractivity contribution >= 4 is 11.6 Å². The fraction of sp³-hybridized carbons (Fsp3) is 1.00. The molecule has 1 N–H and O–H groups in total. The molecule has 0 fully saturated rings. The topological polar surface area (TPSA) is 20.2 Å². The maximum absolute atomic E-state index is 8.66. The Morgan fingerprint density at radius 3 is 2.33 bits per heavy atom. The molecule has 0 saturated heterocycles. The standard InChI is InChI=1S/C10H21ClO/c1-10(7-9-12)6-4-2-3-5-8-11/h10,12H,2-9H2,1H3/t10-/m1/s1. The lowest BCUT2D eigenvalue weighted by Gasteiger charge is -2.08. The summed E-state index contributed by atoms with van der Waals surface area (Å²) in [7, 11) is 0. The molecule has 0 aromatic heterocycles. The number of halogens is 1. The normalized spacial score (nSPS) is 13.2. The summed E-state index contributed by atoms with van der Waals surface area (Å²) in [5.41, 5.74) is 0. The lowest BCUT2D eigenvalue weighted by molar-refractivity contribution is 0.256. The second kappa shape index (κ2) is 9.34. The summed E-state index contributed by atoms with van der Waals surface area (Å²) >= 11 is 5.56. The molecule has 0 saturated carbocycles. The number of aliphatic hydroxyl groups excluding tert-OH is 1. The van der Waals surface area contributed by atoms with Gasteiger partial charge in [0.1, 0.15) is 0 Å². The van der Waals surface area contributed by atoms with Gasteiger partial charge in [0.05, 0.1) is 0 Å². The van der Waals surface area contributed by atoms with Crippen LogP contribution in [0, 0.1) is 5.92 Å². The molecule has 0 aliphatic carbocycles. The quantitative estimate of drug-likeness (QED) is 0.463. The molecular formula is C10H21ClO. The minimum Gasteiger partial charge on any atom is -0.396 e. The van der Waals surface area contributed by atoms with E-state index < -0.39 is 0 Å². The molecule has 0 rings (SSSR count). The van der Waals surface area contributed by atoms with E-state index in [4.69, 9.17) is 16.7 Å². The lowest BCUT2D eigenvalue weighted by Crippen LogP contribution is -1.97. The molecule has 12 heavy (non-hydrogen) atoms. The number of unbranched alkanes of at least 4 members (excludes halogenated alkanes) is 3. The van der Waals surface area contributed by atoms with Crippen molar-refractivity contribution in [1.29, 1.82) is 0 Å². The second-order valence-corrected chi connectivity index (χ2v) is 3.89. The highest BCUT2D eigenvalue weighted by Gasteiger charge is 1.99. The van der Waals surface area contributed by atoms with Crippen molar-refractivity contribution in [1.82, 2.24) is 0 Å². The Morgan fingerprint density at radius 1 is 1.08 bits per heavy atom. The van der Waals surface area contributed by atoms with Crippen LogP contribution in [0.4, 0.5) is 0 Å². The number of hydrogen-bond donors (Lipinski definition) is 1. The van der Waals surface area contributed by atoms with Crippen LogP contribution in [0.5, 0.6) is 0 Å². The summed E-state index contributed by atoms with van der Waals surface area (Å²) in [4.78, 5) is 0. The van der Waals surface area contributed by atoms with Gasteiger partial charge >= 0.3 is 0 Å². The molecule has 1 nitrogen and oxygen atoms in total. The number of rotatable bonds is 8. The van der Waals surface area contributed by atoms with Crippen molar-refractivity contribution in [3.05, 3.63) is 0 Å². The molecule has 74 valence electrons. The Morgan fingerprint density at radius 2 is 1.75 bits per heavy atom. The van der Waals surface area contributed by atoms with Gasteiger partial charge < -0.3 is 5.11 Å². The van der Waals surface area contributed by atoms with Gasteiger partial charge in [0.2, 0.25) is 0 Å². The van der Waals surface area contributed by atoms with E-state index in [-0.39, 0.29) is 0 Å². The summed E-state index contributed by atoms with van der Waals surface area (Å²) in [6.07, 6.45) is 7.20. The fourth-order valence-electron chi connectivity index (χ4n) is 1.31. The highest BCUT2D eigenvalue weighted by molar-refractivity contribution is 6.17. The van der Waals surface area contributed by atoms with Crippen molar-refractivity contribution < 1.29 is 5.11 Å². The molecular weight excluding hydrogens is 172 g/mol. The third-order valence-corrected chi connectivity index (χ3v) is 2.47. The van der Waals surface area contributed by atoms with E-state index in [1.54, 1.807) is 0 Å². The minimum atomic E-state index is 0.336. The van der Waals surface area contributed by atoms with Crippen molar-refractivity contribution in [2.45, 2.75) is 45.4 Å². The van der Waals surface area contributed by atoms with Crippen LogP contribution in [0.1, 0.15) is 45.4 Å². The van der Waals surface area contributed by atoms with E-state index in [0.717, 1.165) is 18.7 Å². The first-order valence-corrected chi connectivity index (χ1v) is 5.51.